The van der Waals surface area contributed by atoms with Gasteiger partial charge in [-0.15, -0.1) is 10.2 Å². The Morgan fingerprint density at radius 1 is 0.833 bits per heavy atom. The van der Waals surface area contributed by atoms with Crippen molar-refractivity contribution < 1.29 is 9.90 Å². The van der Waals surface area contributed by atoms with E-state index in [2.05, 4.69) is 25.9 Å². The van der Waals surface area contributed by atoms with Crippen LogP contribution >= 0.6 is 0 Å². The van der Waals surface area contributed by atoms with Gasteiger partial charge in [-0.05, 0) is 38.8 Å². The predicted octanol–water partition coefficient (Wildman–Crippen LogP) is 3.99. The van der Waals surface area contributed by atoms with Gasteiger partial charge in [-0.1, -0.05) is 82.3 Å². The lowest BCUT2D eigenvalue weighted by molar-refractivity contribution is -0.138. The van der Waals surface area contributed by atoms with Crippen molar-refractivity contribution in [2.24, 2.45) is 5.73 Å². The fourth-order valence-corrected chi connectivity index (χ4v) is 3.63. The van der Waals surface area contributed by atoms with E-state index in [1.54, 1.807) is 0 Å². The van der Waals surface area contributed by atoms with Gasteiger partial charge in [-0.2, -0.15) is 5.21 Å². The predicted molar refractivity (Wildman–Crippen MR) is 120 cm³/mol. The summed E-state index contributed by atoms with van der Waals surface area (Å²) >= 11 is 0. The molecule has 174 valence electrons. The van der Waals surface area contributed by atoms with Crippen molar-refractivity contribution in [3.63, 3.8) is 0 Å². The maximum Gasteiger partial charge on any atom is 0.320 e. The van der Waals surface area contributed by atoms with Crippen LogP contribution in [0.2, 0.25) is 0 Å². The lowest BCUT2D eigenvalue weighted by Gasteiger charge is -2.07. The highest BCUT2D eigenvalue weighted by molar-refractivity contribution is 5.72. The van der Waals surface area contributed by atoms with Crippen molar-refractivity contribution in [1.82, 2.24) is 25.9 Å². The van der Waals surface area contributed by atoms with Gasteiger partial charge in [0, 0.05) is 6.42 Å². The smallest absolute Gasteiger partial charge is 0.320 e. The van der Waals surface area contributed by atoms with Crippen LogP contribution in [0.5, 0.6) is 0 Å². The van der Waals surface area contributed by atoms with Crippen LogP contribution in [0, 0.1) is 0 Å². The first-order chi connectivity index (χ1) is 14.7. The fourth-order valence-electron chi connectivity index (χ4n) is 3.63. The third-order valence-electron chi connectivity index (χ3n) is 5.58. The highest BCUT2D eigenvalue weighted by Crippen LogP contribution is 2.13. The molecular formula is C22H44N6O2. The Labute approximate surface area is 182 Å². The zero-order valence-corrected chi connectivity index (χ0v) is 18.8. The minimum atomic E-state index is -0.896. The minimum Gasteiger partial charge on any atom is -0.480 e. The summed E-state index contributed by atoms with van der Waals surface area (Å²) in [5, 5.41) is 26.2. The van der Waals surface area contributed by atoms with Gasteiger partial charge in [-0.3, -0.25) is 4.79 Å². The van der Waals surface area contributed by atoms with Crippen LogP contribution in [-0.2, 0) is 11.2 Å². The molecule has 0 saturated carbocycles. The standard InChI is InChI=1S/C22H44N6O2/c23-20(22(29)30)16-13-15-19-24-18-14-11-9-7-5-3-1-2-4-6-8-10-12-17-21-25-27-28-26-21/h20,24H,1-19,23H2,(H,29,30)(H,25,26,27,28)/t20-/m0/s1. The summed E-state index contributed by atoms with van der Waals surface area (Å²) in [7, 11) is 0. The molecule has 1 atom stereocenters. The van der Waals surface area contributed by atoms with E-state index >= 15 is 0 Å². The first-order valence-electron chi connectivity index (χ1n) is 12.1. The summed E-state index contributed by atoms with van der Waals surface area (Å²) in [6, 6.07) is -0.704. The Morgan fingerprint density at radius 3 is 1.83 bits per heavy atom. The number of aliphatic carboxylic acids is 1. The number of aryl methyl sites for hydroxylation is 1. The number of rotatable bonds is 22. The number of carboxylic acids is 1. The van der Waals surface area contributed by atoms with E-state index in [1.165, 1.54) is 77.0 Å². The van der Waals surface area contributed by atoms with Crippen LogP contribution in [0.4, 0.5) is 0 Å². The summed E-state index contributed by atoms with van der Waals surface area (Å²) < 4.78 is 0. The number of aromatic amines is 1. The minimum absolute atomic E-state index is 0.569. The maximum absolute atomic E-state index is 10.6. The Balaban J connectivity index is 1.67. The van der Waals surface area contributed by atoms with Crippen molar-refractivity contribution in [2.45, 2.75) is 115 Å². The number of unbranched alkanes of at least 4 members (excludes halogenated alkanes) is 13. The number of carboxylic acid groups (broad SMARTS) is 1. The SMILES string of the molecule is N[C@@H](CCCCNCCCCCCCCCCCCCCCc1nn[nH]n1)C(=O)O. The average molecular weight is 425 g/mol. The summed E-state index contributed by atoms with van der Waals surface area (Å²) in [4.78, 5) is 10.6. The maximum atomic E-state index is 10.6. The second-order valence-electron chi connectivity index (χ2n) is 8.36. The third-order valence-corrected chi connectivity index (χ3v) is 5.58. The molecule has 8 nitrogen and oxygen atoms in total. The molecule has 0 unspecified atom stereocenters. The molecule has 5 N–H and O–H groups in total. The molecule has 0 radical (unpaired) electrons. The van der Waals surface area contributed by atoms with E-state index in [0.29, 0.717) is 6.42 Å². The van der Waals surface area contributed by atoms with Crippen LogP contribution in [0.25, 0.3) is 0 Å². The molecule has 1 rings (SSSR count). The number of tetrazole rings is 1. The zero-order chi connectivity index (χ0) is 21.7. The van der Waals surface area contributed by atoms with Crippen LogP contribution < -0.4 is 11.1 Å². The molecule has 1 aromatic heterocycles. The van der Waals surface area contributed by atoms with E-state index in [0.717, 1.165) is 44.6 Å². The second-order valence-corrected chi connectivity index (χ2v) is 8.36. The Kier molecular flexibility index (Phi) is 17.2. The lowest BCUT2D eigenvalue weighted by Crippen LogP contribution is -2.30. The monoisotopic (exact) mass is 424 g/mol. The largest absolute Gasteiger partial charge is 0.480 e. The Morgan fingerprint density at radius 2 is 1.33 bits per heavy atom. The summed E-state index contributed by atoms with van der Waals surface area (Å²) in [6.45, 7) is 2.03. The van der Waals surface area contributed by atoms with Gasteiger partial charge in [0.15, 0.2) is 5.82 Å². The van der Waals surface area contributed by atoms with Crippen molar-refractivity contribution in [2.75, 3.05) is 13.1 Å². The van der Waals surface area contributed by atoms with Gasteiger partial charge in [0.05, 0.1) is 0 Å². The van der Waals surface area contributed by atoms with Crippen molar-refractivity contribution in [1.29, 1.82) is 0 Å². The molecule has 0 fully saturated rings. The van der Waals surface area contributed by atoms with E-state index in [9.17, 15) is 4.79 Å². The molecule has 8 heteroatoms. The molecular weight excluding hydrogens is 380 g/mol. The first kappa shape index (κ1) is 26.5. The average Bonchev–Trinajstić information content (AvgIpc) is 3.25. The molecule has 0 aliphatic rings. The van der Waals surface area contributed by atoms with Crippen molar-refractivity contribution >= 4 is 5.97 Å². The van der Waals surface area contributed by atoms with Crippen LogP contribution in [0.3, 0.4) is 0 Å². The highest BCUT2D eigenvalue weighted by atomic mass is 16.4. The number of nitrogens with two attached hydrogens (primary N) is 1. The number of H-pyrrole nitrogens is 1. The highest BCUT2D eigenvalue weighted by Gasteiger charge is 2.09. The number of nitrogens with one attached hydrogen (secondary N) is 2. The van der Waals surface area contributed by atoms with Crippen molar-refractivity contribution in [3.05, 3.63) is 5.82 Å². The van der Waals surface area contributed by atoms with Gasteiger partial charge in [0.25, 0.3) is 0 Å². The first-order valence-corrected chi connectivity index (χ1v) is 12.1. The van der Waals surface area contributed by atoms with E-state index in [4.69, 9.17) is 10.8 Å². The molecule has 0 aliphatic heterocycles. The Hall–Kier alpha value is -1.54. The third kappa shape index (κ3) is 16.3. The Bertz CT molecular complexity index is 498. The van der Waals surface area contributed by atoms with Crippen molar-refractivity contribution in [3.8, 4) is 0 Å². The summed E-state index contributed by atoms with van der Waals surface area (Å²) in [5.74, 6) is -0.0610. The number of aromatic nitrogens is 4. The summed E-state index contributed by atoms with van der Waals surface area (Å²) in [5.41, 5.74) is 5.48. The van der Waals surface area contributed by atoms with Gasteiger partial charge >= 0.3 is 5.97 Å². The van der Waals surface area contributed by atoms with Gasteiger partial charge < -0.3 is 16.2 Å². The number of hydrogen-bond acceptors (Lipinski definition) is 6. The number of nitrogens with zero attached hydrogens (tertiary/aromatic N) is 3. The second kappa shape index (κ2) is 19.4. The van der Waals surface area contributed by atoms with E-state index < -0.39 is 12.0 Å². The number of carbonyl (C=O) groups is 1. The molecule has 0 aliphatic carbocycles. The van der Waals surface area contributed by atoms with Gasteiger partial charge in [0.1, 0.15) is 6.04 Å². The lowest BCUT2D eigenvalue weighted by atomic mass is 10.0. The van der Waals surface area contributed by atoms with Gasteiger partial charge in [-0.25, -0.2) is 0 Å². The zero-order valence-electron chi connectivity index (χ0n) is 18.8. The van der Waals surface area contributed by atoms with Crippen LogP contribution in [-0.4, -0.2) is 50.8 Å². The topological polar surface area (TPSA) is 130 Å². The van der Waals surface area contributed by atoms with Crippen LogP contribution in [0.15, 0.2) is 0 Å². The molecule has 0 aromatic carbocycles. The van der Waals surface area contributed by atoms with Gasteiger partial charge in [0.2, 0.25) is 0 Å². The normalized spacial score (nSPS) is 12.3. The quantitative estimate of drug-likeness (QED) is 0.207. The molecule has 0 saturated heterocycles. The fraction of sp³-hybridized carbons (Fsp3) is 0.909. The molecule has 0 amide bonds. The van der Waals surface area contributed by atoms with E-state index in [-0.39, 0.29) is 0 Å². The summed E-state index contributed by atoms with van der Waals surface area (Å²) in [6.07, 6.45) is 20.6. The van der Waals surface area contributed by atoms with Crippen LogP contribution in [0.1, 0.15) is 109 Å². The molecule has 1 heterocycles. The molecule has 1 aromatic rings. The van der Waals surface area contributed by atoms with E-state index in [1.807, 2.05) is 0 Å². The molecule has 30 heavy (non-hydrogen) atoms. The molecule has 0 spiro atoms. The molecule has 0 bridgehead atoms. The number of hydrogen-bond donors (Lipinski definition) is 4.